The summed E-state index contributed by atoms with van der Waals surface area (Å²) >= 11 is 5.72. The van der Waals surface area contributed by atoms with Gasteiger partial charge < -0.3 is 0 Å². The molecule has 0 aliphatic carbocycles. The molecule has 0 aliphatic heterocycles. The van der Waals surface area contributed by atoms with Gasteiger partial charge in [0, 0.05) is 19.4 Å². The number of likely N-dealkylation sites (N-methyl/N-ethyl adjacent to an activating group) is 1. The Hall–Kier alpha value is -1.13. The van der Waals surface area contributed by atoms with Gasteiger partial charge in [-0.05, 0) is 11.6 Å². The molecular weight excluding hydrogens is 204 g/mol. The second-order valence-electron chi connectivity index (χ2n) is 2.76. The highest BCUT2D eigenvalue weighted by Crippen LogP contribution is 2.09. The van der Waals surface area contributed by atoms with E-state index >= 15 is 0 Å². The minimum absolute atomic E-state index is 0.142. The second kappa shape index (κ2) is 4.93. The molecule has 0 saturated heterocycles. The number of aromatic nitrogens is 1. The van der Waals surface area contributed by atoms with E-state index in [1.165, 1.54) is 18.4 Å². The Labute approximate surface area is 87.4 Å². The third-order valence-electron chi connectivity index (χ3n) is 1.74. The fourth-order valence-corrected chi connectivity index (χ4v) is 1.14. The van der Waals surface area contributed by atoms with Crippen molar-refractivity contribution in [1.82, 2.24) is 10.0 Å². The average molecular weight is 215 g/mol. The molecule has 5 heteroatoms. The predicted octanol–water partition coefficient (Wildman–Crippen LogP) is 1.30. The molecule has 0 radical (unpaired) electrons. The van der Waals surface area contributed by atoms with Crippen LogP contribution < -0.4 is 0 Å². The number of hydrogen-bond acceptors (Lipinski definition) is 3. The summed E-state index contributed by atoms with van der Waals surface area (Å²) in [5.41, 5.74) is 0.770. The molecule has 0 unspecified atom stereocenters. The van der Waals surface area contributed by atoms with Crippen molar-refractivity contribution >= 4 is 17.5 Å². The first-order valence-corrected chi connectivity index (χ1v) is 4.41. The molecule has 0 spiro atoms. The van der Waals surface area contributed by atoms with Gasteiger partial charge >= 0.3 is 0 Å². The van der Waals surface area contributed by atoms with Crippen LogP contribution in [-0.4, -0.2) is 30.1 Å². The van der Waals surface area contributed by atoms with Gasteiger partial charge in [-0.1, -0.05) is 11.6 Å². The van der Waals surface area contributed by atoms with E-state index in [0.29, 0.717) is 5.02 Å². The van der Waals surface area contributed by atoms with E-state index in [0.717, 1.165) is 5.56 Å². The first-order valence-electron chi connectivity index (χ1n) is 4.03. The van der Waals surface area contributed by atoms with Crippen LogP contribution in [0.1, 0.15) is 5.56 Å². The molecule has 4 nitrogen and oxygen atoms in total. The molecule has 14 heavy (non-hydrogen) atoms. The highest BCUT2D eigenvalue weighted by Gasteiger charge is 2.08. The predicted molar refractivity (Wildman–Crippen MR) is 52.7 cm³/mol. The molecule has 0 saturated carbocycles. The van der Waals surface area contributed by atoms with E-state index in [1.54, 1.807) is 19.3 Å². The second-order valence-corrected chi connectivity index (χ2v) is 3.20. The maximum Gasteiger partial charge on any atom is 0.250 e. The Balaban J connectivity index is 2.65. The average Bonchev–Trinajstić information content (AvgIpc) is 2.16. The van der Waals surface area contributed by atoms with E-state index in [9.17, 15) is 4.79 Å². The Bertz CT molecular complexity index is 330. The number of halogens is 1. The van der Waals surface area contributed by atoms with Crippen LogP contribution in [0.4, 0.5) is 0 Å². The zero-order valence-corrected chi connectivity index (χ0v) is 8.78. The monoisotopic (exact) mass is 214 g/mol. The molecule has 0 atom stereocenters. The van der Waals surface area contributed by atoms with Crippen LogP contribution in [0.25, 0.3) is 0 Å². The third kappa shape index (κ3) is 2.97. The van der Waals surface area contributed by atoms with Gasteiger partial charge in [-0.25, -0.2) is 5.06 Å². The van der Waals surface area contributed by atoms with Gasteiger partial charge in [-0.2, -0.15) is 0 Å². The molecule has 1 aromatic heterocycles. The smallest absolute Gasteiger partial charge is 0.250 e. The van der Waals surface area contributed by atoms with Gasteiger partial charge in [0.15, 0.2) is 0 Å². The van der Waals surface area contributed by atoms with Gasteiger partial charge in [0.2, 0.25) is 5.91 Å². The molecule has 0 aromatic carbocycles. The Morgan fingerprint density at radius 2 is 2.36 bits per heavy atom. The lowest BCUT2D eigenvalue weighted by molar-refractivity contribution is -0.167. The van der Waals surface area contributed by atoms with Gasteiger partial charge in [0.1, 0.15) is 0 Å². The molecule has 0 N–H and O–H groups in total. The number of amides is 1. The summed E-state index contributed by atoms with van der Waals surface area (Å²) in [5.74, 6) is -0.142. The Kier molecular flexibility index (Phi) is 3.85. The zero-order chi connectivity index (χ0) is 10.6. The minimum Gasteiger partial charge on any atom is -0.275 e. The van der Waals surface area contributed by atoms with Gasteiger partial charge in [0.05, 0.1) is 18.6 Å². The maximum absolute atomic E-state index is 11.4. The molecular formula is C9H11ClN2O2. The van der Waals surface area contributed by atoms with Gasteiger partial charge in [-0.15, -0.1) is 0 Å². The van der Waals surface area contributed by atoms with Gasteiger partial charge in [0.25, 0.3) is 0 Å². The molecule has 0 fully saturated rings. The summed E-state index contributed by atoms with van der Waals surface area (Å²) < 4.78 is 0. The Morgan fingerprint density at radius 3 is 2.93 bits per heavy atom. The fraction of sp³-hybridized carbons (Fsp3) is 0.333. The first-order chi connectivity index (χ1) is 6.63. The third-order valence-corrected chi connectivity index (χ3v) is 1.95. The summed E-state index contributed by atoms with van der Waals surface area (Å²) in [5, 5.41) is 1.69. The summed E-state index contributed by atoms with van der Waals surface area (Å²) in [4.78, 5) is 20.0. The number of rotatable bonds is 3. The lowest BCUT2D eigenvalue weighted by Gasteiger charge is -2.13. The lowest BCUT2D eigenvalue weighted by Crippen LogP contribution is -2.26. The van der Waals surface area contributed by atoms with Crippen molar-refractivity contribution in [2.24, 2.45) is 0 Å². The molecule has 1 heterocycles. The van der Waals surface area contributed by atoms with Gasteiger partial charge in [-0.3, -0.25) is 14.6 Å². The number of hydrogen-bond donors (Lipinski definition) is 0. The van der Waals surface area contributed by atoms with Crippen molar-refractivity contribution in [3.63, 3.8) is 0 Å². The summed E-state index contributed by atoms with van der Waals surface area (Å²) in [6, 6.07) is 1.70. The van der Waals surface area contributed by atoms with Crippen LogP contribution in [0.15, 0.2) is 18.5 Å². The number of hydroxylamine groups is 2. The van der Waals surface area contributed by atoms with Crippen LogP contribution in [0.2, 0.25) is 5.02 Å². The van der Waals surface area contributed by atoms with E-state index in [1.807, 2.05) is 0 Å². The molecule has 1 rings (SSSR count). The van der Waals surface area contributed by atoms with Crippen LogP contribution >= 0.6 is 11.6 Å². The highest BCUT2D eigenvalue weighted by molar-refractivity contribution is 6.30. The van der Waals surface area contributed by atoms with E-state index in [2.05, 4.69) is 4.98 Å². The summed E-state index contributed by atoms with van der Waals surface area (Å²) in [7, 11) is 2.99. The molecule has 0 bridgehead atoms. The SMILES string of the molecule is CON(C)C(=O)Cc1cncc(Cl)c1. The topological polar surface area (TPSA) is 42.4 Å². The lowest BCUT2D eigenvalue weighted by atomic mass is 10.2. The van der Waals surface area contributed by atoms with Crippen molar-refractivity contribution in [2.45, 2.75) is 6.42 Å². The summed E-state index contributed by atoms with van der Waals surface area (Å²) in [6.45, 7) is 0. The normalized spacial score (nSPS) is 9.93. The number of carbonyl (C=O) groups is 1. The molecule has 1 amide bonds. The van der Waals surface area contributed by atoms with E-state index in [4.69, 9.17) is 16.4 Å². The van der Waals surface area contributed by atoms with Crippen molar-refractivity contribution in [1.29, 1.82) is 0 Å². The fourth-order valence-electron chi connectivity index (χ4n) is 0.940. The minimum atomic E-state index is -0.142. The van der Waals surface area contributed by atoms with Crippen molar-refractivity contribution in [2.75, 3.05) is 14.2 Å². The van der Waals surface area contributed by atoms with Crippen molar-refractivity contribution in [3.05, 3.63) is 29.0 Å². The maximum atomic E-state index is 11.4. The molecule has 0 aliphatic rings. The molecule has 76 valence electrons. The first kappa shape index (κ1) is 10.9. The Morgan fingerprint density at radius 1 is 1.64 bits per heavy atom. The largest absolute Gasteiger partial charge is 0.275 e. The number of carbonyl (C=O) groups excluding carboxylic acids is 1. The van der Waals surface area contributed by atoms with Crippen LogP contribution in [0.3, 0.4) is 0 Å². The standard InChI is InChI=1S/C9H11ClN2O2/c1-12(14-2)9(13)4-7-3-8(10)6-11-5-7/h3,5-6H,4H2,1-2H3. The van der Waals surface area contributed by atoms with Crippen LogP contribution in [-0.2, 0) is 16.1 Å². The van der Waals surface area contributed by atoms with Crippen molar-refractivity contribution < 1.29 is 9.63 Å². The van der Waals surface area contributed by atoms with E-state index in [-0.39, 0.29) is 12.3 Å². The van der Waals surface area contributed by atoms with Crippen LogP contribution in [0.5, 0.6) is 0 Å². The number of pyridine rings is 1. The van der Waals surface area contributed by atoms with E-state index < -0.39 is 0 Å². The summed E-state index contributed by atoms with van der Waals surface area (Å²) in [6.07, 6.45) is 3.36. The quantitative estimate of drug-likeness (QED) is 0.713. The zero-order valence-electron chi connectivity index (χ0n) is 8.03. The number of nitrogens with zero attached hydrogens (tertiary/aromatic N) is 2. The molecule has 1 aromatic rings. The van der Waals surface area contributed by atoms with Crippen molar-refractivity contribution in [3.8, 4) is 0 Å². The van der Waals surface area contributed by atoms with Crippen LogP contribution in [0, 0.1) is 0 Å². The highest BCUT2D eigenvalue weighted by atomic mass is 35.5.